The molecular weight excluding hydrogens is 167 g/mol. The predicted molar refractivity (Wildman–Crippen MR) is 50.2 cm³/mol. The van der Waals surface area contributed by atoms with E-state index in [1.807, 2.05) is 13.0 Å². The first-order chi connectivity index (χ1) is 6.29. The second-order valence-electron chi connectivity index (χ2n) is 2.76. The molecule has 0 aliphatic heterocycles. The SMILES string of the molecule is CCC(N=NC)c1ccccc1F. The molecular formula is C10H13FN2. The lowest BCUT2D eigenvalue weighted by atomic mass is 10.1. The van der Waals surface area contributed by atoms with Crippen LogP contribution >= 0.6 is 0 Å². The van der Waals surface area contributed by atoms with Crippen LogP contribution in [0.1, 0.15) is 24.9 Å². The van der Waals surface area contributed by atoms with Gasteiger partial charge in [0.15, 0.2) is 0 Å². The highest BCUT2D eigenvalue weighted by atomic mass is 19.1. The fourth-order valence-corrected chi connectivity index (χ4v) is 1.25. The Hall–Kier alpha value is -1.25. The molecule has 13 heavy (non-hydrogen) atoms. The molecule has 0 amide bonds. The van der Waals surface area contributed by atoms with E-state index in [0.717, 1.165) is 6.42 Å². The molecule has 0 bridgehead atoms. The Morgan fingerprint density at radius 1 is 1.38 bits per heavy atom. The molecule has 1 aromatic carbocycles. The van der Waals surface area contributed by atoms with Crippen LogP contribution in [0.4, 0.5) is 4.39 Å². The minimum Gasteiger partial charge on any atom is -0.207 e. The lowest BCUT2D eigenvalue weighted by Crippen LogP contribution is -1.96. The van der Waals surface area contributed by atoms with Gasteiger partial charge in [0, 0.05) is 12.6 Å². The minimum absolute atomic E-state index is 0.147. The third-order valence-corrected chi connectivity index (χ3v) is 1.91. The number of nitrogens with zero attached hydrogens (tertiary/aromatic N) is 2. The topological polar surface area (TPSA) is 24.7 Å². The average molecular weight is 180 g/mol. The second-order valence-corrected chi connectivity index (χ2v) is 2.76. The molecule has 0 spiro atoms. The summed E-state index contributed by atoms with van der Waals surface area (Å²) in [6.45, 7) is 1.96. The van der Waals surface area contributed by atoms with Gasteiger partial charge in [-0.1, -0.05) is 25.1 Å². The Morgan fingerprint density at radius 3 is 2.62 bits per heavy atom. The summed E-state index contributed by atoms with van der Waals surface area (Å²) < 4.78 is 13.2. The summed E-state index contributed by atoms with van der Waals surface area (Å²) >= 11 is 0. The van der Waals surface area contributed by atoms with E-state index < -0.39 is 0 Å². The van der Waals surface area contributed by atoms with Crippen molar-refractivity contribution in [1.82, 2.24) is 0 Å². The summed E-state index contributed by atoms with van der Waals surface area (Å²) in [5.74, 6) is -0.207. The van der Waals surface area contributed by atoms with Crippen LogP contribution in [0.2, 0.25) is 0 Å². The van der Waals surface area contributed by atoms with Crippen molar-refractivity contribution in [2.45, 2.75) is 19.4 Å². The van der Waals surface area contributed by atoms with Gasteiger partial charge in [-0.25, -0.2) is 4.39 Å². The predicted octanol–water partition coefficient (Wildman–Crippen LogP) is 3.36. The van der Waals surface area contributed by atoms with Gasteiger partial charge in [0.2, 0.25) is 0 Å². The monoisotopic (exact) mass is 180 g/mol. The van der Waals surface area contributed by atoms with E-state index in [0.29, 0.717) is 5.56 Å². The van der Waals surface area contributed by atoms with Crippen LogP contribution < -0.4 is 0 Å². The summed E-state index contributed by atoms with van der Waals surface area (Å²) in [4.78, 5) is 0. The number of hydrogen-bond donors (Lipinski definition) is 0. The Balaban J connectivity index is 2.97. The first-order valence-corrected chi connectivity index (χ1v) is 4.33. The maximum atomic E-state index is 13.2. The summed E-state index contributed by atoms with van der Waals surface area (Å²) in [5.41, 5.74) is 0.621. The molecule has 0 aromatic heterocycles. The maximum absolute atomic E-state index is 13.2. The fraction of sp³-hybridized carbons (Fsp3) is 0.400. The highest BCUT2D eigenvalue weighted by molar-refractivity contribution is 5.20. The van der Waals surface area contributed by atoms with Crippen molar-refractivity contribution in [3.8, 4) is 0 Å². The van der Waals surface area contributed by atoms with Gasteiger partial charge in [-0.2, -0.15) is 10.2 Å². The van der Waals surface area contributed by atoms with Gasteiger partial charge in [-0.15, -0.1) is 0 Å². The van der Waals surface area contributed by atoms with Crippen molar-refractivity contribution in [3.05, 3.63) is 35.6 Å². The molecule has 0 heterocycles. The number of rotatable bonds is 3. The van der Waals surface area contributed by atoms with Gasteiger partial charge in [-0.3, -0.25) is 0 Å². The highest BCUT2D eigenvalue weighted by Crippen LogP contribution is 2.23. The Labute approximate surface area is 77.5 Å². The van der Waals surface area contributed by atoms with Crippen LogP contribution in [0.15, 0.2) is 34.5 Å². The molecule has 0 N–H and O–H groups in total. The van der Waals surface area contributed by atoms with E-state index in [-0.39, 0.29) is 11.9 Å². The second kappa shape index (κ2) is 4.70. The zero-order valence-corrected chi connectivity index (χ0v) is 7.87. The van der Waals surface area contributed by atoms with Crippen molar-refractivity contribution < 1.29 is 4.39 Å². The van der Waals surface area contributed by atoms with E-state index >= 15 is 0 Å². The third kappa shape index (κ3) is 2.34. The molecule has 1 unspecified atom stereocenters. The quantitative estimate of drug-likeness (QED) is 0.637. The van der Waals surface area contributed by atoms with Crippen molar-refractivity contribution in [3.63, 3.8) is 0 Å². The Morgan fingerprint density at radius 2 is 2.08 bits per heavy atom. The van der Waals surface area contributed by atoms with E-state index in [1.54, 1.807) is 19.2 Å². The fourth-order valence-electron chi connectivity index (χ4n) is 1.25. The van der Waals surface area contributed by atoms with E-state index in [4.69, 9.17) is 0 Å². The summed E-state index contributed by atoms with van der Waals surface area (Å²) in [6.07, 6.45) is 0.762. The van der Waals surface area contributed by atoms with Crippen LogP contribution in [0.3, 0.4) is 0 Å². The normalized spacial score (nSPS) is 13.5. The number of halogens is 1. The number of azo groups is 1. The standard InChI is InChI=1S/C10H13FN2/c1-3-10(13-12-2)8-6-4-5-7-9(8)11/h4-7,10H,3H2,1-2H3. The van der Waals surface area contributed by atoms with Crippen LogP contribution in [-0.4, -0.2) is 7.05 Å². The zero-order valence-electron chi connectivity index (χ0n) is 7.87. The van der Waals surface area contributed by atoms with E-state index in [9.17, 15) is 4.39 Å². The van der Waals surface area contributed by atoms with Gasteiger partial charge in [0.05, 0.1) is 6.04 Å². The molecule has 3 heteroatoms. The van der Waals surface area contributed by atoms with Crippen molar-refractivity contribution in [2.24, 2.45) is 10.2 Å². The zero-order chi connectivity index (χ0) is 9.68. The van der Waals surface area contributed by atoms with E-state index in [1.165, 1.54) is 6.07 Å². The minimum atomic E-state index is -0.207. The molecule has 0 radical (unpaired) electrons. The molecule has 2 nitrogen and oxygen atoms in total. The highest BCUT2D eigenvalue weighted by Gasteiger charge is 2.11. The van der Waals surface area contributed by atoms with Crippen molar-refractivity contribution in [1.29, 1.82) is 0 Å². The molecule has 1 aromatic rings. The molecule has 0 fully saturated rings. The first kappa shape index (κ1) is 9.84. The van der Waals surface area contributed by atoms with Crippen LogP contribution in [0, 0.1) is 5.82 Å². The van der Waals surface area contributed by atoms with Gasteiger partial charge < -0.3 is 0 Å². The van der Waals surface area contributed by atoms with Gasteiger partial charge in [0.1, 0.15) is 5.82 Å². The maximum Gasteiger partial charge on any atom is 0.128 e. The van der Waals surface area contributed by atoms with Crippen molar-refractivity contribution in [2.75, 3.05) is 7.05 Å². The first-order valence-electron chi connectivity index (χ1n) is 4.33. The number of hydrogen-bond acceptors (Lipinski definition) is 2. The molecule has 1 rings (SSSR count). The Bertz CT molecular complexity index is 297. The van der Waals surface area contributed by atoms with Crippen LogP contribution in [0.5, 0.6) is 0 Å². The molecule has 1 atom stereocenters. The van der Waals surface area contributed by atoms with Gasteiger partial charge in [0.25, 0.3) is 0 Å². The average Bonchev–Trinajstić information content (AvgIpc) is 2.16. The summed E-state index contributed by atoms with van der Waals surface area (Å²) in [7, 11) is 1.60. The summed E-state index contributed by atoms with van der Waals surface area (Å²) in [5, 5.41) is 7.64. The largest absolute Gasteiger partial charge is 0.207 e. The Kier molecular flexibility index (Phi) is 3.55. The third-order valence-electron chi connectivity index (χ3n) is 1.91. The molecule has 0 aliphatic rings. The lowest BCUT2D eigenvalue weighted by Gasteiger charge is -2.08. The molecule has 0 saturated heterocycles. The van der Waals surface area contributed by atoms with Crippen LogP contribution in [-0.2, 0) is 0 Å². The number of benzene rings is 1. The van der Waals surface area contributed by atoms with Gasteiger partial charge in [-0.05, 0) is 12.5 Å². The summed E-state index contributed by atoms with van der Waals surface area (Å²) in [6, 6.07) is 6.54. The molecule has 70 valence electrons. The van der Waals surface area contributed by atoms with Crippen LogP contribution in [0.25, 0.3) is 0 Å². The van der Waals surface area contributed by atoms with Gasteiger partial charge >= 0.3 is 0 Å². The lowest BCUT2D eigenvalue weighted by molar-refractivity contribution is 0.565. The van der Waals surface area contributed by atoms with E-state index in [2.05, 4.69) is 10.2 Å². The molecule has 0 saturated carbocycles. The molecule has 0 aliphatic carbocycles. The smallest absolute Gasteiger partial charge is 0.128 e. The van der Waals surface area contributed by atoms with Crippen molar-refractivity contribution >= 4 is 0 Å².